The first-order chi connectivity index (χ1) is 8.85. The minimum atomic E-state index is 0.191. The van der Waals surface area contributed by atoms with Crippen LogP contribution >= 0.6 is 12.2 Å². The number of benzene rings is 1. The lowest BCUT2D eigenvalue weighted by molar-refractivity contribution is 0.211. The van der Waals surface area contributed by atoms with Gasteiger partial charge in [-0.05, 0) is 35.7 Å². The van der Waals surface area contributed by atoms with Crippen molar-refractivity contribution >= 4 is 23.3 Å². The first-order valence-corrected chi connectivity index (χ1v) is 7.02. The number of fused-ring (bicyclic) bond motifs is 1. The second-order valence-electron chi connectivity index (χ2n) is 6.04. The molecule has 0 unspecified atom stereocenters. The van der Waals surface area contributed by atoms with E-state index >= 15 is 0 Å². The molecule has 0 aliphatic heterocycles. The van der Waals surface area contributed by atoms with E-state index in [2.05, 4.69) is 37.2 Å². The minimum absolute atomic E-state index is 0.191. The van der Waals surface area contributed by atoms with Crippen LogP contribution in [-0.4, -0.2) is 16.7 Å². The molecule has 2 aromatic rings. The molecule has 0 bridgehead atoms. The Hall–Kier alpha value is -1.29. The van der Waals surface area contributed by atoms with Gasteiger partial charge in [0.25, 0.3) is 0 Å². The fourth-order valence-corrected chi connectivity index (χ4v) is 2.28. The molecule has 1 aromatic carbocycles. The number of H-pyrrole nitrogens is 1. The topological polar surface area (TPSA) is 29.9 Å². The zero-order valence-electron chi connectivity index (χ0n) is 12.3. The molecule has 0 atom stereocenters. The average Bonchev–Trinajstić information content (AvgIpc) is 2.64. The molecule has 1 N–H and O–H groups in total. The summed E-state index contributed by atoms with van der Waals surface area (Å²) in [6.45, 7) is 9.95. The van der Waals surface area contributed by atoms with E-state index in [-0.39, 0.29) is 5.41 Å². The molecule has 0 aliphatic carbocycles. The zero-order chi connectivity index (χ0) is 14.2. The highest BCUT2D eigenvalue weighted by Crippen LogP contribution is 2.30. The van der Waals surface area contributed by atoms with Crippen molar-refractivity contribution in [3.05, 3.63) is 23.0 Å². The van der Waals surface area contributed by atoms with Crippen LogP contribution in [0.2, 0.25) is 0 Å². The fraction of sp³-hybridized carbons (Fsp3) is 0.533. The summed E-state index contributed by atoms with van der Waals surface area (Å²) in [6, 6.07) is 6.01. The number of nitrogens with one attached hydrogen (secondary N) is 1. The van der Waals surface area contributed by atoms with Gasteiger partial charge in [-0.3, -0.25) is 0 Å². The highest BCUT2D eigenvalue weighted by molar-refractivity contribution is 7.71. The van der Waals surface area contributed by atoms with Gasteiger partial charge in [0.2, 0.25) is 0 Å². The molecular formula is C15H22N2OS. The van der Waals surface area contributed by atoms with Crippen molar-refractivity contribution in [1.29, 1.82) is 0 Å². The van der Waals surface area contributed by atoms with Crippen LogP contribution in [0, 0.1) is 16.1 Å². The molecule has 1 heterocycles. The van der Waals surface area contributed by atoms with Gasteiger partial charge in [-0.15, -0.1) is 0 Å². The van der Waals surface area contributed by atoms with Gasteiger partial charge in [-0.25, -0.2) is 0 Å². The number of ether oxygens (including phenoxy) is 1. The Morgan fingerprint density at radius 2 is 2.05 bits per heavy atom. The maximum absolute atomic E-state index is 5.45. The van der Waals surface area contributed by atoms with E-state index in [9.17, 15) is 0 Å². The minimum Gasteiger partial charge on any atom is -0.497 e. The Bertz CT molecular complexity index is 637. The first-order valence-electron chi connectivity index (χ1n) is 6.61. The Morgan fingerprint density at radius 3 is 2.63 bits per heavy atom. The van der Waals surface area contributed by atoms with Gasteiger partial charge in [0.15, 0.2) is 4.77 Å². The van der Waals surface area contributed by atoms with Crippen molar-refractivity contribution < 1.29 is 4.74 Å². The van der Waals surface area contributed by atoms with E-state index < -0.39 is 0 Å². The van der Waals surface area contributed by atoms with Crippen LogP contribution < -0.4 is 4.74 Å². The van der Waals surface area contributed by atoms with Gasteiger partial charge in [0.05, 0.1) is 18.1 Å². The van der Waals surface area contributed by atoms with Crippen LogP contribution in [-0.2, 0) is 6.54 Å². The summed E-state index contributed by atoms with van der Waals surface area (Å²) in [5.74, 6) is 1.45. The second kappa shape index (κ2) is 5.00. The highest BCUT2D eigenvalue weighted by atomic mass is 32.1. The number of aromatic amines is 1. The molecule has 0 aliphatic rings. The molecule has 104 valence electrons. The van der Waals surface area contributed by atoms with Gasteiger partial charge in [0.1, 0.15) is 5.75 Å². The molecule has 19 heavy (non-hydrogen) atoms. The number of hydrogen-bond donors (Lipinski definition) is 1. The van der Waals surface area contributed by atoms with Gasteiger partial charge in [-0.2, -0.15) is 0 Å². The summed E-state index contributed by atoms with van der Waals surface area (Å²) < 4.78 is 8.25. The van der Waals surface area contributed by atoms with Gasteiger partial charge < -0.3 is 14.3 Å². The SMILES string of the molecule is COc1ccc2[nH]c(=S)n(CC(C)(C)C(C)C)c2c1. The number of hydrogen-bond acceptors (Lipinski definition) is 2. The van der Waals surface area contributed by atoms with Crippen LogP contribution in [0.4, 0.5) is 0 Å². The van der Waals surface area contributed by atoms with E-state index in [1.165, 1.54) is 0 Å². The van der Waals surface area contributed by atoms with Crippen molar-refractivity contribution in [3.63, 3.8) is 0 Å². The van der Waals surface area contributed by atoms with E-state index in [4.69, 9.17) is 17.0 Å². The standard InChI is InChI=1S/C15H22N2OS/c1-10(2)15(3,4)9-17-13-8-11(18-5)6-7-12(13)16-14(17)19/h6-8,10H,9H2,1-5H3,(H,16,19). The van der Waals surface area contributed by atoms with Crippen molar-refractivity contribution in [2.24, 2.45) is 11.3 Å². The molecule has 0 radical (unpaired) electrons. The lowest BCUT2D eigenvalue weighted by Gasteiger charge is -2.29. The fourth-order valence-electron chi connectivity index (χ4n) is 2.01. The Morgan fingerprint density at radius 1 is 1.37 bits per heavy atom. The molecule has 0 saturated carbocycles. The van der Waals surface area contributed by atoms with Crippen LogP contribution in [0.15, 0.2) is 18.2 Å². The largest absolute Gasteiger partial charge is 0.497 e. The summed E-state index contributed by atoms with van der Waals surface area (Å²) in [4.78, 5) is 3.26. The van der Waals surface area contributed by atoms with Gasteiger partial charge in [-0.1, -0.05) is 27.7 Å². The summed E-state index contributed by atoms with van der Waals surface area (Å²) in [5.41, 5.74) is 2.36. The molecule has 1 aromatic heterocycles. The third kappa shape index (κ3) is 2.68. The molecule has 3 nitrogen and oxygen atoms in total. The molecule has 2 rings (SSSR count). The van der Waals surface area contributed by atoms with E-state index in [0.29, 0.717) is 5.92 Å². The van der Waals surface area contributed by atoms with Crippen molar-refractivity contribution in [2.75, 3.05) is 7.11 Å². The summed E-state index contributed by atoms with van der Waals surface area (Å²) in [5, 5.41) is 0. The van der Waals surface area contributed by atoms with Crippen LogP contribution in [0.25, 0.3) is 11.0 Å². The van der Waals surface area contributed by atoms with Crippen molar-refractivity contribution in [3.8, 4) is 5.75 Å². The summed E-state index contributed by atoms with van der Waals surface area (Å²) in [7, 11) is 1.69. The molecule has 4 heteroatoms. The predicted molar refractivity (Wildman–Crippen MR) is 82.3 cm³/mol. The lowest BCUT2D eigenvalue weighted by Crippen LogP contribution is -2.25. The molecule has 0 spiro atoms. The average molecular weight is 278 g/mol. The van der Waals surface area contributed by atoms with Crippen molar-refractivity contribution in [1.82, 2.24) is 9.55 Å². The molecule has 0 amide bonds. The molecular weight excluding hydrogens is 256 g/mol. The third-order valence-corrected chi connectivity index (χ3v) is 4.43. The highest BCUT2D eigenvalue weighted by Gasteiger charge is 2.24. The predicted octanol–water partition coefficient (Wildman–Crippen LogP) is 4.39. The second-order valence-corrected chi connectivity index (χ2v) is 6.43. The Labute approximate surface area is 119 Å². The number of aromatic nitrogens is 2. The first kappa shape index (κ1) is 14.1. The summed E-state index contributed by atoms with van der Waals surface area (Å²) in [6.07, 6.45) is 0. The van der Waals surface area contributed by atoms with E-state index in [1.54, 1.807) is 7.11 Å². The third-order valence-electron chi connectivity index (χ3n) is 4.11. The number of methoxy groups -OCH3 is 1. The smallest absolute Gasteiger partial charge is 0.178 e. The number of rotatable bonds is 4. The quantitative estimate of drug-likeness (QED) is 0.841. The molecule has 0 saturated heterocycles. The Kier molecular flexibility index (Phi) is 3.72. The monoisotopic (exact) mass is 278 g/mol. The zero-order valence-corrected chi connectivity index (χ0v) is 13.1. The maximum atomic E-state index is 5.45. The van der Waals surface area contributed by atoms with E-state index in [1.807, 2.05) is 18.2 Å². The summed E-state index contributed by atoms with van der Waals surface area (Å²) >= 11 is 5.45. The van der Waals surface area contributed by atoms with Crippen LogP contribution in [0.5, 0.6) is 5.75 Å². The van der Waals surface area contributed by atoms with Gasteiger partial charge >= 0.3 is 0 Å². The van der Waals surface area contributed by atoms with Crippen LogP contribution in [0.1, 0.15) is 27.7 Å². The molecule has 0 fully saturated rings. The normalized spacial score (nSPS) is 12.3. The number of nitrogens with zero attached hydrogens (tertiary/aromatic N) is 1. The van der Waals surface area contributed by atoms with Gasteiger partial charge in [0, 0.05) is 12.6 Å². The number of imidazole rings is 1. The van der Waals surface area contributed by atoms with Crippen molar-refractivity contribution in [2.45, 2.75) is 34.2 Å². The van der Waals surface area contributed by atoms with E-state index in [0.717, 1.165) is 28.1 Å². The maximum Gasteiger partial charge on any atom is 0.178 e. The van der Waals surface area contributed by atoms with Crippen LogP contribution in [0.3, 0.4) is 0 Å². The lowest BCUT2D eigenvalue weighted by atomic mass is 9.81. The Balaban J connectivity index is 2.53.